The van der Waals surface area contributed by atoms with E-state index < -0.39 is 10.0 Å². The summed E-state index contributed by atoms with van der Waals surface area (Å²) < 4.78 is 27.6. The van der Waals surface area contributed by atoms with E-state index in [0.717, 1.165) is 0 Å². The van der Waals surface area contributed by atoms with Gasteiger partial charge in [0.05, 0.1) is 0 Å². The van der Waals surface area contributed by atoms with E-state index in [2.05, 4.69) is 39.5 Å². The zero-order valence-electron chi connectivity index (χ0n) is 11.4. The molecule has 0 aliphatic rings. The fourth-order valence-electron chi connectivity index (χ4n) is 1.16. The molecule has 0 aromatic carbocycles. The van der Waals surface area contributed by atoms with Gasteiger partial charge < -0.3 is 0 Å². The molecule has 0 atom stereocenters. The fourth-order valence-corrected chi connectivity index (χ4v) is 3.32. The predicted octanol–water partition coefficient (Wildman–Crippen LogP) is 3.46. The summed E-state index contributed by atoms with van der Waals surface area (Å²) in [6.07, 6.45) is 1.46. The predicted molar refractivity (Wildman–Crippen MR) is 80.8 cm³/mol. The van der Waals surface area contributed by atoms with Crippen LogP contribution in [0.15, 0.2) is 21.6 Å². The summed E-state index contributed by atoms with van der Waals surface area (Å²) in [5.74, 6) is 0.353. The van der Waals surface area contributed by atoms with Crippen molar-refractivity contribution in [3.63, 3.8) is 0 Å². The molecule has 0 aliphatic heterocycles. The van der Waals surface area contributed by atoms with Crippen LogP contribution < -0.4 is 4.72 Å². The molecule has 0 aliphatic carbocycles. The third kappa shape index (κ3) is 4.41. The van der Waals surface area contributed by atoms with Crippen molar-refractivity contribution >= 4 is 37.6 Å². The first-order valence-electron chi connectivity index (χ1n) is 5.87. The first-order valence-corrected chi connectivity index (χ1v) is 8.52. The molecule has 1 aromatic heterocycles. The monoisotopic (exact) mass is 368 g/mol. The lowest BCUT2D eigenvalue weighted by Gasteiger charge is -2.29. The lowest BCUT2D eigenvalue weighted by molar-refractivity contribution is 0.252. The van der Waals surface area contributed by atoms with Crippen LogP contribution in [0.1, 0.15) is 27.7 Å². The minimum absolute atomic E-state index is 0.0110. The van der Waals surface area contributed by atoms with Crippen LogP contribution in [-0.2, 0) is 10.0 Å². The molecule has 0 fully saturated rings. The van der Waals surface area contributed by atoms with E-state index in [1.165, 1.54) is 12.3 Å². The molecule has 1 heterocycles. The lowest BCUT2D eigenvalue weighted by atomic mass is 9.81. The van der Waals surface area contributed by atoms with Crippen LogP contribution in [0.4, 0.5) is 0 Å². The zero-order chi connectivity index (χ0) is 14.8. The average Bonchev–Trinajstić information content (AvgIpc) is 2.30. The van der Waals surface area contributed by atoms with Gasteiger partial charge in [-0.05, 0) is 33.3 Å². The van der Waals surface area contributed by atoms with Gasteiger partial charge in [0.2, 0.25) is 10.0 Å². The SMILES string of the molecule is CC(C)C(C)(C)CNS(=O)(=O)c1cc(Br)cnc1Cl. The summed E-state index contributed by atoms with van der Waals surface area (Å²) in [6, 6.07) is 1.44. The van der Waals surface area contributed by atoms with Gasteiger partial charge in [-0.3, -0.25) is 0 Å². The number of hydrogen-bond donors (Lipinski definition) is 1. The van der Waals surface area contributed by atoms with E-state index in [9.17, 15) is 8.42 Å². The highest BCUT2D eigenvalue weighted by molar-refractivity contribution is 9.10. The van der Waals surface area contributed by atoms with Crippen LogP contribution in [0.25, 0.3) is 0 Å². The standard InChI is InChI=1S/C12H18BrClN2O2S/c1-8(2)12(3,4)7-16-19(17,18)10-5-9(13)6-15-11(10)14/h5-6,8,16H,7H2,1-4H3. The average molecular weight is 370 g/mol. The first-order chi connectivity index (χ1) is 8.56. The number of nitrogens with one attached hydrogen (secondary N) is 1. The van der Waals surface area contributed by atoms with Crippen LogP contribution in [0.5, 0.6) is 0 Å². The summed E-state index contributed by atoms with van der Waals surface area (Å²) in [4.78, 5) is 3.81. The smallest absolute Gasteiger partial charge is 0.242 e. The number of rotatable bonds is 5. The summed E-state index contributed by atoms with van der Waals surface area (Å²) in [7, 11) is -3.65. The highest BCUT2D eigenvalue weighted by atomic mass is 79.9. The second-order valence-corrected chi connectivity index (χ2v) is 8.42. The fraction of sp³-hybridized carbons (Fsp3) is 0.583. The Hall–Kier alpha value is -0.170. The number of nitrogens with zero attached hydrogens (tertiary/aromatic N) is 1. The van der Waals surface area contributed by atoms with Gasteiger partial charge in [0, 0.05) is 17.2 Å². The third-order valence-corrected chi connectivity index (χ3v) is 5.61. The zero-order valence-corrected chi connectivity index (χ0v) is 14.5. The largest absolute Gasteiger partial charge is 0.243 e. The van der Waals surface area contributed by atoms with E-state index in [0.29, 0.717) is 16.9 Å². The second kappa shape index (κ2) is 6.08. The van der Waals surface area contributed by atoms with E-state index in [1.54, 1.807) is 0 Å². The van der Waals surface area contributed by atoms with Gasteiger partial charge in [-0.1, -0.05) is 39.3 Å². The van der Waals surface area contributed by atoms with Crippen LogP contribution in [0, 0.1) is 11.3 Å². The summed E-state index contributed by atoms with van der Waals surface area (Å²) in [5.41, 5.74) is -0.140. The molecule has 1 aromatic rings. The maximum Gasteiger partial charge on any atom is 0.243 e. The maximum atomic E-state index is 12.2. The third-order valence-electron chi connectivity index (χ3n) is 3.34. The summed E-state index contributed by atoms with van der Waals surface area (Å²) >= 11 is 9.03. The Morgan fingerprint density at radius 3 is 2.58 bits per heavy atom. The molecule has 0 saturated heterocycles. The van der Waals surface area contributed by atoms with Crippen molar-refractivity contribution in [3.8, 4) is 0 Å². The Labute approximate surface area is 128 Å². The van der Waals surface area contributed by atoms with Crippen molar-refractivity contribution in [1.29, 1.82) is 0 Å². The molecule has 0 unspecified atom stereocenters. The molecule has 0 radical (unpaired) electrons. The molecule has 1 rings (SSSR count). The lowest BCUT2D eigenvalue weighted by Crippen LogP contribution is -2.37. The molecule has 7 heteroatoms. The summed E-state index contributed by atoms with van der Waals surface area (Å²) in [5, 5.41) is -0.0296. The van der Waals surface area contributed by atoms with Gasteiger partial charge in [-0.15, -0.1) is 0 Å². The molecule has 19 heavy (non-hydrogen) atoms. The van der Waals surface area contributed by atoms with Crippen molar-refractivity contribution in [3.05, 3.63) is 21.9 Å². The van der Waals surface area contributed by atoms with Gasteiger partial charge in [0.25, 0.3) is 0 Å². The number of aromatic nitrogens is 1. The quantitative estimate of drug-likeness (QED) is 0.809. The van der Waals surface area contributed by atoms with Gasteiger partial charge in [-0.25, -0.2) is 18.1 Å². The minimum atomic E-state index is -3.65. The topological polar surface area (TPSA) is 59.1 Å². The maximum absolute atomic E-state index is 12.2. The highest BCUT2D eigenvalue weighted by Crippen LogP contribution is 2.27. The van der Waals surface area contributed by atoms with Crippen LogP contribution in [0.3, 0.4) is 0 Å². The Morgan fingerprint density at radius 2 is 2.05 bits per heavy atom. The van der Waals surface area contributed by atoms with Gasteiger partial charge in [-0.2, -0.15) is 0 Å². The number of pyridine rings is 1. The van der Waals surface area contributed by atoms with Crippen molar-refractivity contribution < 1.29 is 8.42 Å². The van der Waals surface area contributed by atoms with E-state index in [-0.39, 0.29) is 15.5 Å². The van der Waals surface area contributed by atoms with Crippen LogP contribution in [0.2, 0.25) is 5.15 Å². The molecular formula is C12H18BrClN2O2S. The van der Waals surface area contributed by atoms with Crippen LogP contribution >= 0.6 is 27.5 Å². The normalized spacial score (nSPS) is 13.0. The molecule has 0 saturated carbocycles. The highest BCUT2D eigenvalue weighted by Gasteiger charge is 2.26. The van der Waals surface area contributed by atoms with Gasteiger partial charge in [0.15, 0.2) is 0 Å². The van der Waals surface area contributed by atoms with E-state index in [1.807, 2.05) is 13.8 Å². The number of halogens is 2. The molecule has 108 valence electrons. The Kier molecular flexibility index (Phi) is 5.40. The van der Waals surface area contributed by atoms with E-state index in [4.69, 9.17) is 11.6 Å². The minimum Gasteiger partial charge on any atom is -0.242 e. The van der Waals surface area contributed by atoms with E-state index >= 15 is 0 Å². The number of hydrogen-bond acceptors (Lipinski definition) is 3. The van der Waals surface area contributed by atoms with Gasteiger partial charge in [0.1, 0.15) is 10.0 Å². The van der Waals surface area contributed by atoms with Crippen molar-refractivity contribution in [2.24, 2.45) is 11.3 Å². The molecule has 4 nitrogen and oxygen atoms in total. The second-order valence-electron chi connectivity index (χ2n) is 5.41. The summed E-state index contributed by atoms with van der Waals surface area (Å²) in [6.45, 7) is 8.49. The Morgan fingerprint density at radius 1 is 1.47 bits per heavy atom. The number of sulfonamides is 1. The molecular weight excluding hydrogens is 352 g/mol. The van der Waals surface area contributed by atoms with Crippen molar-refractivity contribution in [2.45, 2.75) is 32.6 Å². The van der Waals surface area contributed by atoms with Crippen molar-refractivity contribution in [1.82, 2.24) is 9.71 Å². The molecule has 0 amide bonds. The Balaban J connectivity index is 2.97. The van der Waals surface area contributed by atoms with Gasteiger partial charge >= 0.3 is 0 Å². The first kappa shape index (κ1) is 16.9. The molecule has 1 N–H and O–H groups in total. The van der Waals surface area contributed by atoms with Crippen LogP contribution in [-0.4, -0.2) is 19.9 Å². The van der Waals surface area contributed by atoms with Crippen molar-refractivity contribution in [2.75, 3.05) is 6.54 Å². The molecule has 0 spiro atoms. The molecule has 0 bridgehead atoms. The Bertz CT molecular complexity index is 559.